The van der Waals surface area contributed by atoms with Gasteiger partial charge >= 0.3 is 18.0 Å². The van der Waals surface area contributed by atoms with Gasteiger partial charge in [0.05, 0.1) is 5.56 Å². The smallest absolute Gasteiger partial charge is 0.318 e. The van der Waals surface area contributed by atoms with E-state index in [4.69, 9.17) is 0 Å². The first kappa shape index (κ1) is 16.5. The molecule has 2 amide bonds. The molecule has 0 aliphatic carbocycles. The SMILES string of the molecule is Cc1ccc(NC(=O)C(=O)Nc2ccc(C(F)(F)F)cc2)cc1. The van der Waals surface area contributed by atoms with Crippen LogP contribution in [0.2, 0.25) is 0 Å². The average molecular weight is 322 g/mol. The second-order valence-electron chi connectivity index (χ2n) is 4.85. The van der Waals surface area contributed by atoms with E-state index in [0.717, 1.165) is 29.8 Å². The van der Waals surface area contributed by atoms with Gasteiger partial charge in [0.1, 0.15) is 0 Å². The predicted octanol–water partition coefficient (Wildman–Crippen LogP) is 3.59. The summed E-state index contributed by atoms with van der Waals surface area (Å²) in [6, 6.07) is 10.6. The van der Waals surface area contributed by atoms with Gasteiger partial charge in [-0.3, -0.25) is 9.59 Å². The molecule has 0 heterocycles. The van der Waals surface area contributed by atoms with Crippen LogP contribution in [0.15, 0.2) is 48.5 Å². The molecular formula is C16H13F3N2O2. The van der Waals surface area contributed by atoms with Gasteiger partial charge in [-0.05, 0) is 43.3 Å². The lowest BCUT2D eigenvalue weighted by atomic mass is 10.2. The number of hydrogen-bond donors (Lipinski definition) is 2. The van der Waals surface area contributed by atoms with E-state index in [9.17, 15) is 22.8 Å². The van der Waals surface area contributed by atoms with Gasteiger partial charge in [0.2, 0.25) is 0 Å². The van der Waals surface area contributed by atoms with E-state index in [0.29, 0.717) is 5.69 Å². The van der Waals surface area contributed by atoms with Gasteiger partial charge < -0.3 is 10.6 Å². The van der Waals surface area contributed by atoms with Crippen LogP contribution in [-0.4, -0.2) is 11.8 Å². The van der Waals surface area contributed by atoms with Crippen LogP contribution in [-0.2, 0) is 15.8 Å². The van der Waals surface area contributed by atoms with Crippen molar-refractivity contribution in [2.45, 2.75) is 13.1 Å². The Morgan fingerprint density at radius 2 is 1.17 bits per heavy atom. The normalized spacial score (nSPS) is 11.0. The largest absolute Gasteiger partial charge is 0.416 e. The second-order valence-corrected chi connectivity index (χ2v) is 4.85. The summed E-state index contributed by atoms with van der Waals surface area (Å²) < 4.78 is 37.3. The van der Waals surface area contributed by atoms with Gasteiger partial charge in [0.15, 0.2) is 0 Å². The highest BCUT2D eigenvalue weighted by atomic mass is 19.4. The average Bonchev–Trinajstić information content (AvgIpc) is 2.49. The van der Waals surface area contributed by atoms with Crippen molar-refractivity contribution in [3.63, 3.8) is 0 Å². The molecule has 0 fully saturated rings. The Kier molecular flexibility index (Phi) is 4.68. The number of anilines is 2. The molecule has 0 unspecified atom stereocenters. The lowest BCUT2D eigenvalue weighted by Crippen LogP contribution is -2.29. The van der Waals surface area contributed by atoms with Crippen molar-refractivity contribution in [3.05, 3.63) is 59.7 Å². The number of amides is 2. The van der Waals surface area contributed by atoms with Crippen LogP contribution >= 0.6 is 0 Å². The third-order valence-electron chi connectivity index (χ3n) is 2.99. The molecule has 0 radical (unpaired) electrons. The van der Waals surface area contributed by atoms with Crippen molar-refractivity contribution in [1.29, 1.82) is 0 Å². The number of carbonyl (C=O) groups is 2. The highest BCUT2D eigenvalue weighted by Gasteiger charge is 2.30. The molecule has 7 heteroatoms. The minimum Gasteiger partial charge on any atom is -0.318 e. The quantitative estimate of drug-likeness (QED) is 0.830. The van der Waals surface area contributed by atoms with Crippen LogP contribution in [0.5, 0.6) is 0 Å². The summed E-state index contributed by atoms with van der Waals surface area (Å²) in [6.45, 7) is 1.88. The van der Waals surface area contributed by atoms with Crippen LogP contribution < -0.4 is 10.6 Å². The van der Waals surface area contributed by atoms with Crippen molar-refractivity contribution >= 4 is 23.2 Å². The molecule has 23 heavy (non-hydrogen) atoms. The first-order chi connectivity index (χ1) is 10.8. The minimum atomic E-state index is -4.45. The molecule has 4 nitrogen and oxygen atoms in total. The fraction of sp³-hybridized carbons (Fsp3) is 0.125. The molecule has 120 valence electrons. The minimum absolute atomic E-state index is 0.0991. The van der Waals surface area contributed by atoms with Crippen LogP contribution in [0.4, 0.5) is 24.5 Å². The Morgan fingerprint density at radius 1 is 0.783 bits per heavy atom. The molecule has 0 spiro atoms. The summed E-state index contributed by atoms with van der Waals surface area (Å²) in [7, 11) is 0. The van der Waals surface area contributed by atoms with Gasteiger partial charge in [-0.25, -0.2) is 0 Å². The second kappa shape index (κ2) is 6.51. The third kappa shape index (κ3) is 4.57. The Hall–Kier alpha value is -2.83. The van der Waals surface area contributed by atoms with Crippen LogP contribution in [0.25, 0.3) is 0 Å². The van der Waals surface area contributed by atoms with E-state index in [2.05, 4.69) is 10.6 Å². The fourth-order valence-corrected chi connectivity index (χ4v) is 1.76. The van der Waals surface area contributed by atoms with Crippen LogP contribution in [0, 0.1) is 6.92 Å². The maximum atomic E-state index is 12.4. The van der Waals surface area contributed by atoms with E-state index < -0.39 is 23.6 Å². The molecule has 0 aromatic heterocycles. The topological polar surface area (TPSA) is 58.2 Å². The number of rotatable bonds is 2. The standard InChI is InChI=1S/C16H13F3N2O2/c1-10-2-6-12(7-3-10)20-14(22)15(23)21-13-8-4-11(5-9-13)16(17,18)19/h2-9H,1H3,(H,20,22)(H,21,23). The number of hydrogen-bond acceptors (Lipinski definition) is 2. The Balaban J connectivity index is 1.98. The number of aryl methyl sites for hydroxylation is 1. The maximum Gasteiger partial charge on any atom is 0.416 e. The Bertz CT molecular complexity index is 708. The van der Waals surface area contributed by atoms with E-state index in [1.165, 1.54) is 0 Å². The summed E-state index contributed by atoms with van der Waals surface area (Å²) in [6.07, 6.45) is -4.45. The van der Waals surface area contributed by atoms with Crippen molar-refractivity contribution in [1.82, 2.24) is 0 Å². The molecule has 0 saturated carbocycles. The zero-order chi connectivity index (χ0) is 17.0. The zero-order valence-corrected chi connectivity index (χ0v) is 12.1. The molecule has 2 aromatic carbocycles. The van der Waals surface area contributed by atoms with Gasteiger partial charge in [0, 0.05) is 11.4 Å². The van der Waals surface area contributed by atoms with E-state index >= 15 is 0 Å². The molecular weight excluding hydrogens is 309 g/mol. The summed E-state index contributed by atoms with van der Waals surface area (Å²) in [5.41, 5.74) is 0.710. The molecule has 2 rings (SSSR count). The van der Waals surface area contributed by atoms with Crippen molar-refractivity contribution < 1.29 is 22.8 Å². The number of benzene rings is 2. The fourth-order valence-electron chi connectivity index (χ4n) is 1.76. The molecule has 0 bridgehead atoms. The number of nitrogens with one attached hydrogen (secondary N) is 2. The number of halogens is 3. The lowest BCUT2D eigenvalue weighted by Gasteiger charge is -2.09. The van der Waals surface area contributed by atoms with Crippen LogP contribution in [0.1, 0.15) is 11.1 Å². The molecule has 0 aliphatic rings. The maximum absolute atomic E-state index is 12.4. The van der Waals surface area contributed by atoms with Crippen molar-refractivity contribution in [3.8, 4) is 0 Å². The molecule has 0 aliphatic heterocycles. The van der Waals surface area contributed by atoms with E-state index in [-0.39, 0.29) is 5.69 Å². The number of carbonyl (C=O) groups excluding carboxylic acids is 2. The van der Waals surface area contributed by atoms with Crippen LogP contribution in [0.3, 0.4) is 0 Å². The highest BCUT2D eigenvalue weighted by molar-refractivity contribution is 6.43. The summed E-state index contributed by atoms with van der Waals surface area (Å²) in [5.74, 6) is -1.88. The van der Waals surface area contributed by atoms with Crippen molar-refractivity contribution in [2.75, 3.05) is 10.6 Å². The van der Waals surface area contributed by atoms with Gasteiger partial charge in [0.25, 0.3) is 0 Å². The molecule has 0 saturated heterocycles. The van der Waals surface area contributed by atoms with Gasteiger partial charge in [-0.2, -0.15) is 13.2 Å². The Morgan fingerprint density at radius 3 is 1.57 bits per heavy atom. The van der Waals surface area contributed by atoms with E-state index in [1.54, 1.807) is 24.3 Å². The zero-order valence-electron chi connectivity index (χ0n) is 12.1. The molecule has 0 atom stereocenters. The van der Waals surface area contributed by atoms with Crippen molar-refractivity contribution in [2.24, 2.45) is 0 Å². The summed E-state index contributed by atoms with van der Waals surface area (Å²) >= 11 is 0. The highest BCUT2D eigenvalue weighted by Crippen LogP contribution is 2.29. The summed E-state index contributed by atoms with van der Waals surface area (Å²) in [5, 5.41) is 4.63. The summed E-state index contributed by atoms with van der Waals surface area (Å²) in [4.78, 5) is 23.4. The van der Waals surface area contributed by atoms with Gasteiger partial charge in [-0.1, -0.05) is 17.7 Å². The van der Waals surface area contributed by atoms with E-state index in [1.807, 2.05) is 6.92 Å². The predicted molar refractivity (Wildman–Crippen MR) is 79.9 cm³/mol. The molecule has 2 N–H and O–H groups in total. The molecule has 2 aromatic rings. The Labute approximate surface area is 130 Å². The monoisotopic (exact) mass is 322 g/mol. The van der Waals surface area contributed by atoms with Gasteiger partial charge in [-0.15, -0.1) is 0 Å². The number of alkyl halides is 3. The lowest BCUT2D eigenvalue weighted by molar-refractivity contribution is -0.137. The third-order valence-corrected chi connectivity index (χ3v) is 2.99. The first-order valence-electron chi connectivity index (χ1n) is 6.62. The first-order valence-corrected chi connectivity index (χ1v) is 6.62.